The molecule has 4 rings (SSSR count). The van der Waals surface area contributed by atoms with Crippen molar-refractivity contribution in [2.75, 3.05) is 10.2 Å². The Morgan fingerprint density at radius 2 is 0.556 bits per heavy atom. The van der Waals surface area contributed by atoms with Gasteiger partial charge in [0, 0.05) is 49.6 Å². The van der Waals surface area contributed by atoms with Crippen LogP contribution in [0.15, 0.2) is 94.5 Å². The van der Waals surface area contributed by atoms with Crippen LogP contribution >= 0.6 is 47.0 Å². The SMILES string of the molecule is O=[N+]([O-])[O-].O=[N+]([O-])[O-].[Ni+2].[OH3+].[OH3+].[OH3+].[OH3+].[OH3+].[OH3+].c1cnc(SCSc2ncccn2)nc1.c1cnc(SCSc2ncccn2)nc1. The van der Waals surface area contributed by atoms with Gasteiger partial charge in [0.05, 0.1) is 20.3 Å². The van der Waals surface area contributed by atoms with E-state index in [9.17, 15) is 0 Å². The molecule has 0 unspecified atom stereocenters. The molecule has 4 heterocycles. The van der Waals surface area contributed by atoms with Crippen molar-refractivity contribution in [1.29, 1.82) is 0 Å². The van der Waals surface area contributed by atoms with Gasteiger partial charge in [0.1, 0.15) is 0 Å². The first-order valence-electron chi connectivity index (χ1n) is 9.59. The maximum absolute atomic E-state index is 8.25. The van der Waals surface area contributed by atoms with Gasteiger partial charge in [-0.25, -0.2) is 39.9 Å². The van der Waals surface area contributed by atoms with Gasteiger partial charge in [-0.15, -0.1) is 0 Å². The normalized spacial score (nSPS) is 7.82. The Kier molecular flexibility index (Phi) is 48.7. The molecule has 27 heteroatoms. The summed E-state index contributed by atoms with van der Waals surface area (Å²) in [5, 5.41) is 34.2. The number of aromatic nitrogens is 8. The minimum Gasteiger partial charge on any atom is -0.457 e. The van der Waals surface area contributed by atoms with Crippen LogP contribution in [0.1, 0.15) is 0 Å². The summed E-state index contributed by atoms with van der Waals surface area (Å²) in [5.74, 6) is 0. The van der Waals surface area contributed by atoms with E-state index in [1.165, 1.54) is 0 Å². The maximum atomic E-state index is 8.25. The molecule has 0 aromatic carbocycles. The largest absolute Gasteiger partial charge is 2.00 e. The summed E-state index contributed by atoms with van der Waals surface area (Å²) >= 11 is 6.30. The molecular formula is C18H34N10NiO12S4+6. The first kappa shape index (κ1) is 57.1. The molecule has 0 saturated heterocycles. The van der Waals surface area contributed by atoms with Crippen molar-refractivity contribution in [2.45, 2.75) is 20.6 Å². The van der Waals surface area contributed by atoms with Gasteiger partial charge < -0.3 is 63.5 Å². The van der Waals surface area contributed by atoms with Crippen molar-refractivity contribution < 1.29 is 59.5 Å². The van der Waals surface area contributed by atoms with Crippen molar-refractivity contribution in [1.82, 2.24) is 39.9 Å². The van der Waals surface area contributed by atoms with Crippen molar-refractivity contribution in [3.05, 3.63) is 104 Å². The Labute approximate surface area is 280 Å². The quantitative estimate of drug-likeness (QED) is 0.0363. The average Bonchev–Trinajstić information content (AvgIpc) is 2.91. The molecule has 0 spiro atoms. The van der Waals surface area contributed by atoms with E-state index in [2.05, 4.69) is 39.9 Å². The van der Waals surface area contributed by atoms with Gasteiger partial charge in [0.25, 0.3) is 0 Å². The van der Waals surface area contributed by atoms with E-state index >= 15 is 0 Å². The van der Waals surface area contributed by atoms with Crippen LogP contribution < -0.4 is 0 Å². The van der Waals surface area contributed by atoms with Crippen LogP contribution in [0.2, 0.25) is 0 Å². The van der Waals surface area contributed by atoms with Crippen molar-refractivity contribution in [3.63, 3.8) is 0 Å². The first-order valence-corrected chi connectivity index (χ1v) is 13.5. The average molecular weight is 769 g/mol. The molecule has 0 aliphatic carbocycles. The minimum absolute atomic E-state index is 0. The number of nitrogens with zero attached hydrogens (tertiary/aromatic N) is 10. The second-order valence-corrected chi connectivity index (χ2v) is 9.89. The zero-order valence-corrected chi connectivity index (χ0v) is 26.9. The van der Waals surface area contributed by atoms with Gasteiger partial charge in [0.2, 0.25) is 0 Å². The molecule has 0 amide bonds. The van der Waals surface area contributed by atoms with E-state index in [-0.39, 0.29) is 49.3 Å². The fourth-order valence-electron chi connectivity index (χ4n) is 1.71. The zero-order chi connectivity index (χ0) is 27.8. The zero-order valence-electron chi connectivity index (χ0n) is 22.7. The molecule has 0 radical (unpaired) electrons. The molecule has 4 aromatic rings. The third kappa shape index (κ3) is 36.5. The summed E-state index contributed by atoms with van der Waals surface area (Å²) in [6.45, 7) is 0. The number of hydrogen-bond acceptors (Lipinski definition) is 18. The molecule has 4 aromatic heterocycles. The second kappa shape index (κ2) is 38.4. The molecule has 0 fully saturated rings. The Morgan fingerprint density at radius 3 is 0.689 bits per heavy atom. The monoisotopic (exact) mass is 768 g/mol. The number of rotatable bonds is 8. The van der Waals surface area contributed by atoms with E-state index in [1.54, 1.807) is 121 Å². The van der Waals surface area contributed by atoms with Crippen molar-refractivity contribution in [3.8, 4) is 0 Å². The summed E-state index contributed by atoms with van der Waals surface area (Å²) in [5.41, 5.74) is 0. The van der Waals surface area contributed by atoms with Crippen molar-refractivity contribution in [2.24, 2.45) is 0 Å². The molecular weight excluding hydrogens is 735 g/mol. The van der Waals surface area contributed by atoms with Gasteiger partial charge in [-0.3, -0.25) is 0 Å². The molecule has 0 aliphatic heterocycles. The molecule has 0 saturated carbocycles. The van der Waals surface area contributed by atoms with Crippen LogP contribution in [0.25, 0.3) is 0 Å². The van der Waals surface area contributed by atoms with E-state index < -0.39 is 10.2 Å². The summed E-state index contributed by atoms with van der Waals surface area (Å²) < 4.78 is 0. The molecule has 45 heavy (non-hydrogen) atoms. The third-order valence-electron chi connectivity index (χ3n) is 2.92. The Morgan fingerprint density at radius 1 is 0.422 bits per heavy atom. The van der Waals surface area contributed by atoms with E-state index in [0.29, 0.717) is 0 Å². The topological polar surface area (TPSA) is 434 Å². The molecule has 256 valence electrons. The van der Waals surface area contributed by atoms with Crippen LogP contribution in [-0.2, 0) is 49.3 Å². The summed E-state index contributed by atoms with van der Waals surface area (Å²) in [4.78, 5) is 49.4. The summed E-state index contributed by atoms with van der Waals surface area (Å²) in [6.07, 6.45) is 13.9. The maximum Gasteiger partial charge on any atom is 2.00 e. The Balaban J connectivity index is -0.0000000922. The van der Waals surface area contributed by atoms with Gasteiger partial charge >= 0.3 is 16.5 Å². The molecule has 0 bridgehead atoms. The number of thioether (sulfide) groups is 4. The summed E-state index contributed by atoms with van der Waals surface area (Å²) in [6, 6.07) is 7.21. The van der Waals surface area contributed by atoms with E-state index in [4.69, 9.17) is 30.6 Å². The Bertz CT molecular complexity index is 1000. The first-order chi connectivity index (χ1) is 18.4. The van der Waals surface area contributed by atoms with Crippen LogP contribution in [0, 0.1) is 30.6 Å². The minimum atomic E-state index is -1.75. The van der Waals surface area contributed by atoms with Gasteiger partial charge in [0.15, 0.2) is 20.6 Å². The second-order valence-electron chi connectivity index (χ2n) is 5.39. The third-order valence-corrected chi connectivity index (χ3v) is 6.68. The standard InChI is InChI=1S/2C9H8N4S2.2NO3.Ni.6H2O/c2*1-3-10-8(11-4-1)14-7-15-9-12-5-2-6-13-9;2*2-1(3)4;;;;;;;/h2*1-6H,7H2;;;;6*1H2/q;;2*-1;+2;;;;;;/p+6. The summed E-state index contributed by atoms with van der Waals surface area (Å²) in [7, 11) is 0. The van der Waals surface area contributed by atoms with E-state index in [0.717, 1.165) is 30.8 Å². The van der Waals surface area contributed by atoms with Gasteiger partial charge in [-0.1, -0.05) is 47.0 Å². The molecule has 18 N–H and O–H groups in total. The predicted molar refractivity (Wildman–Crippen MR) is 171 cm³/mol. The predicted octanol–water partition coefficient (Wildman–Crippen LogP) is -1.80. The van der Waals surface area contributed by atoms with Gasteiger partial charge in [-0.05, 0) is 24.3 Å². The molecule has 22 nitrogen and oxygen atoms in total. The fraction of sp³-hybridized carbons (Fsp3) is 0.111. The molecule has 0 aliphatic rings. The smallest absolute Gasteiger partial charge is 0.457 e. The van der Waals surface area contributed by atoms with Crippen molar-refractivity contribution >= 4 is 47.0 Å². The van der Waals surface area contributed by atoms with Crippen LogP contribution in [0.3, 0.4) is 0 Å². The van der Waals surface area contributed by atoms with E-state index in [1.807, 2.05) is 0 Å². The Hall–Kier alpha value is -3.63. The number of hydrogen-bond donors (Lipinski definition) is 0. The van der Waals surface area contributed by atoms with Crippen LogP contribution in [0.4, 0.5) is 0 Å². The van der Waals surface area contributed by atoms with Gasteiger partial charge in [-0.2, -0.15) is 0 Å². The molecule has 0 atom stereocenters. The van der Waals surface area contributed by atoms with Crippen LogP contribution in [0.5, 0.6) is 0 Å². The fourth-order valence-corrected chi connectivity index (χ4v) is 4.95. The van der Waals surface area contributed by atoms with Crippen LogP contribution in [-0.4, -0.2) is 60.2 Å².